The van der Waals surface area contributed by atoms with Gasteiger partial charge in [0.1, 0.15) is 0 Å². The lowest BCUT2D eigenvalue weighted by Crippen LogP contribution is -2.24. The van der Waals surface area contributed by atoms with Crippen molar-refractivity contribution >= 4 is 27.5 Å². The van der Waals surface area contributed by atoms with Crippen LogP contribution in [0.2, 0.25) is 0 Å². The van der Waals surface area contributed by atoms with Crippen LogP contribution in [0.15, 0.2) is 48.5 Å². The van der Waals surface area contributed by atoms with Crippen molar-refractivity contribution in [3.63, 3.8) is 0 Å². The molecule has 180 valence electrons. The number of nitrogens with one attached hydrogen (secondary N) is 4. The van der Waals surface area contributed by atoms with Crippen molar-refractivity contribution in [2.24, 2.45) is 5.73 Å². The van der Waals surface area contributed by atoms with E-state index in [0.717, 1.165) is 76.2 Å². The summed E-state index contributed by atoms with van der Waals surface area (Å²) in [4.78, 5) is 4.80. The summed E-state index contributed by atoms with van der Waals surface area (Å²) in [5.74, 6) is 0. The van der Waals surface area contributed by atoms with E-state index in [0.29, 0.717) is 0 Å². The van der Waals surface area contributed by atoms with E-state index in [1.165, 1.54) is 42.1 Å². The maximum absolute atomic E-state index is 5.48. The summed E-state index contributed by atoms with van der Waals surface area (Å²) in [7, 11) is 0. The fraction of sp³-hybridized carbons (Fsp3) is 0.519. The molecule has 0 unspecified atom stereocenters. The second kappa shape index (κ2) is 15.6. The van der Waals surface area contributed by atoms with E-state index in [1.54, 1.807) is 0 Å². The summed E-state index contributed by atoms with van der Waals surface area (Å²) in [5.41, 5.74) is 8.79. The highest BCUT2D eigenvalue weighted by molar-refractivity contribution is 6.07. The lowest BCUT2D eigenvalue weighted by molar-refractivity contribution is 0.551. The Morgan fingerprint density at radius 2 is 1.00 bits per heavy atom. The van der Waals surface area contributed by atoms with Crippen LogP contribution >= 0.6 is 0 Å². The Morgan fingerprint density at radius 1 is 0.545 bits per heavy atom. The van der Waals surface area contributed by atoms with Gasteiger partial charge < -0.3 is 27.0 Å². The average Bonchev–Trinajstić information content (AvgIpc) is 2.85. The molecule has 0 atom stereocenters. The van der Waals surface area contributed by atoms with E-state index in [2.05, 4.69) is 69.8 Å². The molecule has 6 heteroatoms. The van der Waals surface area contributed by atoms with Gasteiger partial charge in [0, 0.05) is 17.3 Å². The zero-order valence-electron chi connectivity index (χ0n) is 20.0. The quantitative estimate of drug-likeness (QED) is 0.149. The number of pyridine rings is 1. The number of anilines is 1. The van der Waals surface area contributed by atoms with Gasteiger partial charge in [0.25, 0.3) is 0 Å². The van der Waals surface area contributed by atoms with Crippen molar-refractivity contribution in [1.29, 1.82) is 0 Å². The van der Waals surface area contributed by atoms with E-state index < -0.39 is 0 Å². The van der Waals surface area contributed by atoms with Crippen molar-refractivity contribution in [1.82, 2.24) is 20.9 Å². The third-order valence-electron chi connectivity index (χ3n) is 5.89. The zero-order valence-corrected chi connectivity index (χ0v) is 20.0. The molecular formula is C27H42N6. The van der Waals surface area contributed by atoms with Crippen molar-refractivity contribution in [3.05, 3.63) is 48.5 Å². The Labute approximate surface area is 199 Å². The number of rotatable bonds is 18. The van der Waals surface area contributed by atoms with E-state index in [-0.39, 0.29) is 0 Å². The van der Waals surface area contributed by atoms with Gasteiger partial charge in [-0.3, -0.25) is 0 Å². The van der Waals surface area contributed by atoms with Crippen molar-refractivity contribution in [2.75, 3.05) is 57.7 Å². The lowest BCUT2D eigenvalue weighted by atomic mass is 10.1. The van der Waals surface area contributed by atoms with Crippen LogP contribution in [0.4, 0.5) is 5.69 Å². The molecule has 0 fully saturated rings. The molecule has 0 aliphatic rings. The number of nitrogens with zero attached hydrogens (tertiary/aromatic N) is 1. The minimum Gasteiger partial charge on any atom is -0.384 e. The number of fused-ring (bicyclic) bond motifs is 2. The molecule has 33 heavy (non-hydrogen) atoms. The van der Waals surface area contributed by atoms with Crippen molar-refractivity contribution in [3.8, 4) is 0 Å². The molecular weight excluding hydrogens is 408 g/mol. The molecule has 0 amide bonds. The van der Waals surface area contributed by atoms with E-state index in [9.17, 15) is 0 Å². The van der Waals surface area contributed by atoms with Crippen LogP contribution in [0.3, 0.4) is 0 Å². The molecule has 0 saturated heterocycles. The molecule has 0 spiro atoms. The van der Waals surface area contributed by atoms with Crippen LogP contribution in [0.5, 0.6) is 0 Å². The van der Waals surface area contributed by atoms with Crippen LogP contribution < -0.4 is 27.0 Å². The Hall–Kier alpha value is -2.25. The molecule has 6 N–H and O–H groups in total. The molecule has 3 rings (SSSR count). The number of para-hydroxylation sites is 2. The maximum Gasteiger partial charge on any atom is 0.0730 e. The first kappa shape index (κ1) is 25.4. The van der Waals surface area contributed by atoms with E-state index >= 15 is 0 Å². The van der Waals surface area contributed by atoms with Gasteiger partial charge in [-0.05, 0) is 96.5 Å². The largest absolute Gasteiger partial charge is 0.384 e. The monoisotopic (exact) mass is 450 g/mol. The summed E-state index contributed by atoms with van der Waals surface area (Å²) in [6.45, 7) is 8.27. The summed E-state index contributed by atoms with van der Waals surface area (Å²) in [6.07, 6.45) is 7.05. The van der Waals surface area contributed by atoms with Crippen LogP contribution in [-0.4, -0.2) is 57.3 Å². The highest BCUT2D eigenvalue weighted by atomic mass is 14.9. The van der Waals surface area contributed by atoms with Gasteiger partial charge in [-0.15, -0.1) is 0 Å². The summed E-state index contributed by atoms with van der Waals surface area (Å²) < 4.78 is 0. The van der Waals surface area contributed by atoms with Crippen LogP contribution in [0.1, 0.15) is 38.5 Å². The van der Waals surface area contributed by atoms with Gasteiger partial charge in [-0.2, -0.15) is 0 Å². The number of benzene rings is 2. The number of unbranched alkanes of at least 4 members (excludes halogenated alkanes) is 2. The SMILES string of the molecule is NCCCNCCCCNCCCNCCCCNc1c2ccccc2nc2ccccc12. The molecule has 1 heterocycles. The average molecular weight is 451 g/mol. The second-order valence-electron chi connectivity index (χ2n) is 8.61. The predicted molar refractivity (Wildman–Crippen MR) is 143 cm³/mol. The minimum absolute atomic E-state index is 0.778. The predicted octanol–water partition coefficient (Wildman–Crippen LogP) is 3.87. The third-order valence-corrected chi connectivity index (χ3v) is 5.89. The highest BCUT2D eigenvalue weighted by Gasteiger charge is 2.07. The molecule has 2 aromatic carbocycles. The first-order chi connectivity index (χ1) is 16.4. The van der Waals surface area contributed by atoms with Crippen LogP contribution in [0.25, 0.3) is 21.8 Å². The Bertz CT molecular complexity index is 875. The van der Waals surface area contributed by atoms with Gasteiger partial charge in [0.2, 0.25) is 0 Å². The van der Waals surface area contributed by atoms with Gasteiger partial charge in [0.05, 0.1) is 16.7 Å². The first-order valence-electron chi connectivity index (χ1n) is 12.7. The van der Waals surface area contributed by atoms with Gasteiger partial charge in [-0.25, -0.2) is 4.98 Å². The Morgan fingerprint density at radius 3 is 1.55 bits per heavy atom. The summed E-state index contributed by atoms with van der Waals surface area (Å²) in [5, 5.41) is 16.6. The fourth-order valence-corrected chi connectivity index (χ4v) is 4.06. The number of aromatic nitrogens is 1. The van der Waals surface area contributed by atoms with Crippen molar-refractivity contribution < 1.29 is 0 Å². The Kier molecular flexibility index (Phi) is 12.0. The molecule has 0 radical (unpaired) electrons. The van der Waals surface area contributed by atoms with Gasteiger partial charge in [-0.1, -0.05) is 36.4 Å². The van der Waals surface area contributed by atoms with Crippen LogP contribution in [0, 0.1) is 0 Å². The molecule has 0 aliphatic heterocycles. The highest BCUT2D eigenvalue weighted by Crippen LogP contribution is 2.30. The van der Waals surface area contributed by atoms with Crippen LogP contribution in [-0.2, 0) is 0 Å². The maximum atomic E-state index is 5.48. The zero-order chi connectivity index (χ0) is 23.0. The van der Waals surface area contributed by atoms with E-state index in [1.807, 2.05) is 0 Å². The number of nitrogens with two attached hydrogens (primary N) is 1. The van der Waals surface area contributed by atoms with Gasteiger partial charge in [0.15, 0.2) is 0 Å². The topological polar surface area (TPSA) is 87.0 Å². The smallest absolute Gasteiger partial charge is 0.0730 e. The third kappa shape index (κ3) is 8.89. The summed E-state index contributed by atoms with van der Waals surface area (Å²) >= 11 is 0. The second-order valence-corrected chi connectivity index (χ2v) is 8.61. The molecule has 0 bridgehead atoms. The fourth-order valence-electron chi connectivity index (χ4n) is 4.06. The lowest BCUT2D eigenvalue weighted by Gasteiger charge is -2.13. The first-order valence-corrected chi connectivity index (χ1v) is 12.7. The normalized spacial score (nSPS) is 11.4. The van der Waals surface area contributed by atoms with Gasteiger partial charge >= 0.3 is 0 Å². The molecule has 3 aromatic rings. The minimum atomic E-state index is 0.778. The van der Waals surface area contributed by atoms with Crippen molar-refractivity contribution in [2.45, 2.75) is 38.5 Å². The molecule has 0 saturated carbocycles. The Balaban J connectivity index is 1.22. The van der Waals surface area contributed by atoms with E-state index in [4.69, 9.17) is 10.7 Å². The molecule has 1 aromatic heterocycles. The standard InChI is InChI=1S/C27H42N6/c28-15-9-19-29-16-5-6-17-30-20-10-21-31-18-7-8-22-32-27-23-11-1-3-13-25(23)33-26-14-4-2-12-24(26)27/h1-4,11-14,29-31H,5-10,15-22,28H2,(H,32,33). The molecule has 6 nitrogen and oxygen atoms in total. The molecule has 0 aliphatic carbocycles. The number of hydrogen-bond donors (Lipinski definition) is 5. The summed E-state index contributed by atoms with van der Waals surface area (Å²) in [6, 6.07) is 16.8. The number of hydrogen-bond acceptors (Lipinski definition) is 6.